The number of aryl methyl sites for hydroxylation is 2. The number of amides is 1. The number of nitrogens with zero attached hydrogens (tertiary/aromatic N) is 3. The lowest BCUT2D eigenvalue weighted by atomic mass is 10.1. The van der Waals surface area contributed by atoms with Crippen LogP contribution in [0.3, 0.4) is 0 Å². The van der Waals surface area contributed by atoms with Crippen molar-refractivity contribution in [2.24, 2.45) is 0 Å². The highest BCUT2D eigenvalue weighted by Crippen LogP contribution is 2.22. The van der Waals surface area contributed by atoms with E-state index in [0.717, 1.165) is 29.9 Å². The highest BCUT2D eigenvalue weighted by Gasteiger charge is 2.14. The van der Waals surface area contributed by atoms with Crippen LogP contribution in [-0.4, -0.2) is 41.7 Å². The first kappa shape index (κ1) is 22.5. The normalized spacial score (nSPS) is 13.5. The van der Waals surface area contributed by atoms with E-state index in [0.29, 0.717) is 17.4 Å². The summed E-state index contributed by atoms with van der Waals surface area (Å²) < 4.78 is 10.3. The average Bonchev–Trinajstić information content (AvgIpc) is 3.32. The Morgan fingerprint density at radius 2 is 1.76 bits per heavy atom. The number of rotatable bonds is 8. The molecule has 0 aliphatic carbocycles. The number of anilines is 2. The fourth-order valence-electron chi connectivity index (χ4n) is 3.71. The first-order chi connectivity index (χ1) is 16.1. The van der Waals surface area contributed by atoms with E-state index in [1.165, 1.54) is 19.3 Å². The van der Waals surface area contributed by atoms with Crippen molar-refractivity contribution in [2.75, 3.05) is 29.9 Å². The summed E-state index contributed by atoms with van der Waals surface area (Å²) in [6, 6.07) is 15.5. The van der Waals surface area contributed by atoms with E-state index >= 15 is 0 Å². The first-order valence-electron chi connectivity index (χ1n) is 11.3. The van der Waals surface area contributed by atoms with E-state index in [2.05, 4.69) is 20.4 Å². The van der Waals surface area contributed by atoms with Crippen molar-refractivity contribution in [1.82, 2.24) is 10.1 Å². The molecule has 0 unspecified atom stereocenters. The van der Waals surface area contributed by atoms with Gasteiger partial charge >= 0.3 is 5.97 Å². The van der Waals surface area contributed by atoms with Gasteiger partial charge in [-0.2, -0.15) is 4.98 Å². The summed E-state index contributed by atoms with van der Waals surface area (Å²) in [7, 11) is 0. The summed E-state index contributed by atoms with van der Waals surface area (Å²) in [5, 5.41) is 6.70. The molecule has 172 valence electrons. The quantitative estimate of drug-likeness (QED) is 0.517. The Bertz CT molecular complexity index is 1070. The number of aromatic nitrogens is 2. The second kappa shape index (κ2) is 10.8. The van der Waals surface area contributed by atoms with Crippen molar-refractivity contribution in [2.45, 2.75) is 39.0 Å². The van der Waals surface area contributed by atoms with Gasteiger partial charge in [0.15, 0.2) is 6.61 Å². The highest BCUT2D eigenvalue weighted by molar-refractivity contribution is 5.92. The third kappa shape index (κ3) is 6.41. The molecule has 8 heteroatoms. The zero-order chi connectivity index (χ0) is 23.0. The van der Waals surface area contributed by atoms with Crippen molar-refractivity contribution in [3.8, 4) is 11.4 Å². The molecule has 0 atom stereocenters. The Kier molecular flexibility index (Phi) is 7.34. The highest BCUT2D eigenvalue weighted by atomic mass is 16.5. The first-order valence-corrected chi connectivity index (χ1v) is 11.3. The molecule has 8 nitrogen and oxygen atoms in total. The molecule has 0 spiro atoms. The maximum Gasteiger partial charge on any atom is 0.306 e. The van der Waals surface area contributed by atoms with Gasteiger partial charge in [-0.3, -0.25) is 9.59 Å². The number of carbonyl (C=O) groups excluding carboxylic acids is 2. The van der Waals surface area contributed by atoms with Crippen LogP contribution >= 0.6 is 0 Å². The molecule has 1 fully saturated rings. The Morgan fingerprint density at radius 3 is 2.48 bits per heavy atom. The van der Waals surface area contributed by atoms with Crippen LogP contribution in [0.1, 0.15) is 37.1 Å². The standard InChI is InChI=1S/C25H28N4O4/c1-18-5-7-19(8-6-18)25-27-23(33-28-25)13-14-24(31)32-17-22(30)26-20-9-11-21(12-10-20)29-15-3-2-4-16-29/h5-12H,2-4,13-17H2,1H3,(H,26,30). The second-order valence-electron chi connectivity index (χ2n) is 8.18. The van der Waals surface area contributed by atoms with Gasteiger partial charge in [-0.1, -0.05) is 35.0 Å². The summed E-state index contributed by atoms with van der Waals surface area (Å²) in [6.07, 6.45) is 4.01. The number of ether oxygens (including phenoxy) is 1. The molecule has 2 aromatic carbocycles. The number of hydrogen-bond donors (Lipinski definition) is 1. The fourth-order valence-corrected chi connectivity index (χ4v) is 3.71. The van der Waals surface area contributed by atoms with Crippen LogP contribution in [-0.2, 0) is 20.7 Å². The van der Waals surface area contributed by atoms with Gasteiger partial charge in [-0.05, 0) is 50.5 Å². The summed E-state index contributed by atoms with van der Waals surface area (Å²) in [5.74, 6) is -0.0565. The van der Waals surface area contributed by atoms with E-state index in [4.69, 9.17) is 9.26 Å². The van der Waals surface area contributed by atoms with Gasteiger partial charge in [0.1, 0.15) is 0 Å². The fraction of sp³-hybridized carbons (Fsp3) is 0.360. The minimum absolute atomic E-state index is 0.0490. The van der Waals surface area contributed by atoms with E-state index in [1.807, 2.05) is 55.5 Å². The number of nitrogens with one attached hydrogen (secondary N) is 1. The molecule has 2 heterocycles. The number of carbonyl (C=O) groups is 2. The van der Waals surface area contributed by atoms with Crippen molar-refractivity contribution in [3.63, 3.8) is 0 Å². The van der Waals surface area contributed by atoms with Crippen molar-refractivity contribution in [3.05, 3.63) is 60.0 Å². The second-order valence-corrected chi connectivity index (χ2v) is 8.18. The molecule has 1 amide bonds. The monoisotopic (exact) mass is 448 g/mol. The average molecular weight is 449 g/mol. The largest absolute Gasteiger partial charge is 0.456 e. The van der Waals surface area contributed by atoms with Crippen molar-refractivity contribution in [1.29, 1.82) is 0 Å². The maximum atomic E-state index is 12.1. The molecule has 0 bridgehead atoms. The minimum atomic E-state index is -0.499. The van der Waals surface area contributed by atoms with Gasteiger partial charge in [-0.15, -0.1) is 0 Å². The molecule has 1 aromatic heterocycles. The number of esters is 1. The summed E-state index contributed by atoms with van der Waals surface area (Å²) >= 11 is 0. The van der Waals surface area contributed by atoms with Crippen LogP contribution in [0.2, 0.25) is 0 Å². The van der Waals surface area contributed by atoms with E-state index in [9.17, 15) is 9.59 Å². The Balaban J connectivity index is 1.18. The zero-order valence-corrected chi connectivity index (χ0v) is 18.8. The molecule has 33 heavy (non-hydrogen) atoms. The summed E-state index contributed by atoms with van der Waals surface area (Å²) in [4.78, 5) is 30.8. The SMILES string of the molecule is Cc1ccc(-c2noc(CCC(=O)OCC(=O)Nc3ccc(N4CCCCC4)cc3)n2)cc1. The van der Waals surface area contributed by atoms with Crippen molar-refractivity contribution >= 4 is 23.3 Å². The molecular formula is C25H28N4O4. The maximum absolute atomic E-state index is 12.1. The molecule has 0 radical (unpaired) electrons. The Morgan fingerprint density at radius 1 is 1.03 bits per heavy atom. The lowest BCUT2D eigenvalue weighted by Gasteiger charge is -2.28. The topological polar surface area (TPSA) is 97.6 Å². The van der Waals surface area contributed by atoms with Crippen LogP contribution in [0, 0.1) is 6.92 Å². The predicted molar refractivity (Wildman–Crippen MR) is 125 cm³/mol. The molecule has 1 aliphatic rings. The van der Waals surface area contributed by atoms with Crippen LogP contribution in [0.5, 0.6) is 0 Å². The third-order valence-electron chi connectivity index (χ3n) is 5.56. The smallest absolute Gasteiger partial charge is 0.306 e. The van der Waals surface area contributed by atoms with Crippen LogP contribution in [0.25, 0.3) is 11.4 Å². The van der Waals surface area contributed by atoms with Gasteiger partial charge in [0.05, 0.1) is 6.42 Å². The van der Waals surface area contributed by atoms with Gasteiger partial charge < -0.3 is 19.5 Å². The molecular weight excluding hydrogens is 420 g/mol. The lowest BCUT2D eigenvalue weighted by Crippen LogP contribution is -2.29. The molecule has 1 aliphatic heterocycles. The summed E-state index contributed by atoms with van der Waals surface area (Å²) in [6.45, 7) is 3.80. The van der Waals surface area contributed by atoms with Crippen molar-refractivity contribution < 1.29 is 18.8 Å². The summed E-state index contributed by atoms with van der Waals surface area (Å²) in [5.41, 5.74) is 3.82. The number of hydrogen-bond acceptors (Lipinski definition) is 7. The number of piperidine rings is 1. The number of benzene rings is 2. The molecule has 3 aromatic rings. The minimum Gasteiger partial charge on any atom is -0.456 e. The zero-order valence-electron chi connectivity index (χ0n) is 18.8. The van der Waals surface area contributed by atoms with Gasteiger partial charge in [0, 0.05) is 36.4 Å². The Hall–Kier alpha value is -3.68. The molecule has 1 N–H and O–H groups in total. The van der Waals surface area contributed by atoms with Gasteiger partial charge in [0.25, 0.3) is 5.91 Å². The molecule has 1 saturated heterocycles. The van der Waals surface area contributed by atoms with Crippen LogP contribution < -0.4 is 10.2 Å². The van der Waals surface area contributed by atoms with Gasteiger partial charge in [-0.25, -0.2) is 0 Å². The van der Waals surface area contributed by atoms with Crippen LogP contribution in [0.4, 0.5) is 11.4 Å². The third-order valence-corrected chi connectivity index (χ3v) is 5.56. The predicted octanol–water partition coefficient (Wildman–Crippen LogP) is 4.15. The van der Waals surface area contributed by atoms with E-state index < -0.39 is 5.97 Å². The van der Waals surface area contributed by atoms with Crippen LogP contribution in [0.15, 0.2) is 53.1 Å². The van der Waals surface area contributed by atoms with E-state index in [-0.39, 0.29) is 25.4 Å². The van der Waals surface area contributed by atoms with E-state index in [1.54, 1.807) is 0 Å². The lowest BCUT2D eigenvalue weighted by molar-refractivity contribution is -0.147. The molecule has 0 saturated carbocycles. The Labute approximate surface area is 192 Å². The van der Waals surface area contributed by atoms with Gasteiger partial charge in [0.2, 0.25) is 11.7 Å². The molecule has 4 rings (SSSR count).